The Kier molecular flexibility index (Phi) is 8.30. The zero-order chi connectivity index (χ0) is 28.4. The Morgan fingerprint density at radius 1 is 1.10 bits per heavy atom. The van der Waals surface area contributed by atoms with Crippen molar-refractivity contribution in [2.75, 3.05) is 13.7 Å². The van der Waals surface area contributed by atoms with Crippen LogP contribution in [0.4, 0.5) is 0 Å². The molecule has 0 aliphatic carbocycles. The molecule has 0 saturated carbocycles. The summed E-state index contributed by atoms with van der Waals surface area (Å²) in [6.45, 7) is 3.95. The molecule has 1 aliphatic heterocycles. The summed E-state index contributed by atoms with van der Waals surface area (Å²) >= 11 is 13.8. The quantitative estimate of drug-likeness (QED) is 0.245. The zero-order valence-electron chi connectivity index (χ0n) is 22.2. The Balaban J connectivity index is 1.76. The van der Waals surface area contributed by atoms with Crippen molar-refractivity contribution in [2.24, 2.45) is 4.99 Å². The highest BCUT2D eigenvalue weighted by Gasteiger charge is 2.36. The lowest BCUT2D eigenvalue weighted by Crippen LogP contribution is -2.40. The summed E-state index contributed by atoms with van der Waals surface area (Å²) in [5.74, 6) is -0.0206. The molecule has 1 aliphatic rings. The second kappa shape index (κ2) is 11.9. The molecule has 2 aromatic carbocycles. The number of hydrogen-bond acceptors (Lipinski definition) is 6. The summed E-state index contributed by atoms with van der Waals surface area (Å²) in [4.78, 5) is 32.8. The summed E-state index contributed by atoms with van der Waals surface area (Å²) in [6, 6.07) is 15.6. The number of halogens is 2. The number of rotatable bonds is 8. The molecule has 3 heterocycles. The standard InChI is InChI=1S/C30H27Cl2N3O4S/c1-4-7-23-26(29(37)39-5-2)27(22-16-19(32)11-14-24(22)38-3)35-28(36)25(40-30(35)33-23)17-21-8-6-15-34(21)20-12-9-18(31)10-13-20/h6,8-17,27H,4-5,7H2,1-3H3/b25-17+/t27-/m1/s1. The van der Waals surface area contributed by atoms with E-state index in [0.717, 1.165) is 17.8 Å². The van der Waals surface area contributed by atoms with E-state index in [1.165, 1.54) is 11.3 Å². The Morgan fingerprint density at radius 3 is 2.55 bits per heavy atom. The van der Waals surface area contributed by atoms with Crippen molar-refractivity contribution in [3.63, 3.8) is 0 Å². The molecule has 4 aromatic rings. The largest absolute Gasteiger partial charge is 0.496 e. The fourth-order valence-corrected chi connectivity index (χ4v) is 6.13. The van der Waals surface area contributed by atoms with Gasteiger partial charge in [0.05, 0.1) is 29.5 Å². The Morgan fingerprint density at radius 2 is 1.85 bits per heavy atom. The second-order valence-corrected chi connectivity index (χ2v) is 11.0. The fourth-order valence-electron chi connectivity index (χ4n) is 4.82. The summed E-state index contributed by atoms with van der Waals surface area (Å²) in [5, 5.41) is 1.10. The molecule has 2 aromatic heterocycles. The lowest BCUT2D eigenvalue weighted by molar-refractivity contribution is -0.139. The van der Waals surface area contributed by atoms with Gasteiger partial charge in [-0.2, -0.15) is 0 Å². The minimum atomic E-state index is -0.823. The van der Waals surface area contributed by atoms with Gasteiger partial charge in [-0.3, -0.25) is 9.36 Å². The lowest BCUT2D eigenvalue weighted by atomic mass is 9.93. The van der Waals surface area contributed by atoms with E-state index >= 15 is 0 Å². The maximum absolute atomic E-state index is 14.1. The monoisotopic (exact) mass is 595 g/mol. The summed E-state index contributed by atoms with van der Waals surface area (Å²) in [5.41, 5.74) is 2.92. The fraction of sp³-hybridized carbons (Fsp3) is 0.233. The average Bonchev–Trinajstić information content (AvgIpc) is 3.52. The van der Waals surface area contributed by atoms with Gasteiger partial charge in [-0.05, 0) is 74.0 Å². The van der Waals surface area contributed by atoms with Crippen molar-refractivity contribution in [2.45, 2.75) is 32.7 Å². The predicted molar refractivity (Wildman–Crippen MR) is 158 cm³/mol. The number of carbonyl (C=O) groups is 1. The number of esters is 1. The third-order valence-electron chi connectivity index (χ3n) is 6.54. The molecule has 0 spiro atoms. The van der Waals surface area contributed by atoms with E-state index in [1.807, 2.05) is 60.2 Å². The van der Waals surface area contributed by atoms with Crippen LogP contribution in [0.5, 0.6) is 5.75 Å². The van der Waals surface area contributed by atoms with E-state index in [1.54, 1.807) is 36.8 Å². The molecule has 0 N–H and O–H groups in total. The van der Waals surface area contributed by atoms with Gasteiger partial charge in [0.15, 0.2) is 4.80 Å². The molecule has 0 fully saturated rings. The third kappa shape index (κ3) is 5.27. The number of carbonyl (C=O) groups excluding carboxylic acids is 1. The van der Waals surface area contributed by atoms with E-state index in [-0.39, 0.29) is 12.2 Å². The highest BCUT2D eigenvalue weighted by atomic mass is 35.5. The van der Waals surface area contributed by atoms with Gasteiger partial charge in [-0.1, -0.05) is 47.9 Å². The molecule has 0 bridgehead atoms. The number of benzene rings is 2. The van der Waals surface area contributed by atoms with E-state index in [4.69, 9.17) is 37.7 Å². The molecular weight excluding hydrogens is 569 g/mol. The van der Waals surface area contributed by atoms with Crippen LogP contribution in [0.15, 0.2) is 81.9 Å². The van der Waals surface area contributed by atoms with E-state index in [0.29, 0.717) is 48.4 Å². The van der Waals surface area contributed by atoms with Gasteiger partial charge in [0, 0.05) is 33.2 Å². The highest BCUT2D eigenvalue weighted by molar-refractivity contribution is 7.07. The molecule has 1 atom stereocenters. The van der Waals surface area contributed by atoms with Crippen LogP contribution in [-0.2, 0) is 9.53 Å². The zero-order valence-corrected chi connectivity index (χ0v) is 24.5. The summed E-state index contributed by atoms with van der Waals surface area (Å²) < 4.78 is 15.1. The number of methoxy groups -OCH3 is 1. The van der Waals surface area contributed by atoms with Crippen molar-refractivity contribution in [1.29, 1.82) is 0 Å². The molecule has 0 unspecified atom stereocenters. The van der Waals surface area contributed by atoms with Crippen LogP contribution in [-0.4, -0.2) is 28.8 Å². The smallest absolute Gasteiger partial charge is 0.338 e. The maximum Gasteiger partial charge on any atom is 0.338 e. The average molecular weight is 597 g/mol. The third-order valence-corrected chi connectivity index (χ3v) is 8.01. The van der Waals surface area contributed by atoms with Crippen LogP contribution in [0.25, 0.3) is 11.8 Å². The van der Waals surface area contributed by atoms with E-state index < -0.39 is 12.0 Å². The van der Waals surface area contributed by atoms with Crippen molar-refractivity contribution < 1.29 is 14.3 Å². The van der Waals surface area contributed by atoms with Crippen molar-refractivity contribution >= 4 is 46.6 Å². The Labute approximate surface area is 245 Å². The van der Waals surface area contributed by atoms with Gasteiger partial charge in [-0.15, -0.1) is 0 Å². The van der Waals surface area contributed by atoms with Gasteiger partial charge < -0.3 is 14.0 Å². The summed E-state index contributed by atoms with van der Waals surface area (Å²) in [6.07, 6.45) is 5.05. The minimum Gasteiger partial charge on any atom is -0.496 e. The molecule has 7 nitrogen and oxygen atoms in total. The van der Waals surface area contributed by atoms with Crippen LogP contribution in [0, 0.1) is 0 Å². The van der Waals surface area contributed by atoms with Gasteiger partial charge in [-0.25, -0.2) is 9.79 Å². The van der Waals surface area contributed by atoms with Gasteiger partial charge in [0.25, 0.3) is 5.56 Å². The second-order valence-electron chi connectivity index (χ2n) is 9.08. The minimum absolute atomic E-state index is 0.188. The highest BCUT2D eigenvalue weighted by Crippen LogP contribution is 2.38. The van der Waals surface area contributed by atoms with Gasteiger partial charge in [0.1, 0.15) is 11.8 Å². The number of fused-ring (bicyclic) bond motifs is 1. The number of nitrogens with zero attached hydrogens (tertiary/aromatic N) is 3. The van der Waals surface area contributed by atoms with Crippen molar-refractivity contribution in [3.8, 4) is 11.4 Å². The Bertz CT molecular complexity index is 1780. The molecule has 40 heavy (non-hydrogen) atoms. The van der Waals surface area contributed by atoms with E-state index in [2.05, 4.69) is 0 Å². The molecule has 0 radical (unpaired) electrons. The molecule has 0 amide bonds. The SMILES string of the molecule is CCCC1=C(C(=O)OCC)[C@@H](c2cc(Cl)ccc2OC)n2c(s/c(=C/c3cccn3-c3ccc(Cl)cc3)c2=O)=N1. The number of thiazole rings is 1. The molecular formula is C30H27Cl2N3O4S. The number of ether oxygens (including phenoxy) is 2. The normalized spacial score (nSPS) is 15.1. The van der Waals surface area contributed by atoms with Crippen LogP contribution < -0.4 is 19.6 Å². The number of allylic oxidation sites excluding steroid dienone is 1. The van der Waals surface area contributed by atoms with Gasteiger partial charge in [0.2, 0.25) is 0 Å². The molecule has 206 valence electrons. The number of hydrogen-bond donors (Lipinski definition) is 0. The van der Waals surface area contributed by atoms with Crippen LogP contribution >= 0.6 is 34.5 Å². The van der Waals surface area contributed by atoms with Crippen LogP contribution in [0.3, 0.4) is 0 Å². The van der Waals surface area contributed by atoms with Gasteiger partial charge >= 0.3 is 5.97 Å². The van der Waals surface area contributed by atoms with Crippen molar-refractivity contribution in [1.82, 2.24) is 9.13 Å². The van der Waals surface area contributed by atoms with Crippen LogP contribution in [0.2, 0.25) is 10.0 Å². The lowest BCUT2D eigenvalue weighted by Gasteiger charge is -2.27. The topological polar surface area (TPSA) is 74.8 Å². The Hall–Kier alpha value is -3.59. The predicted octanol–water partition coefficient (Wildman–Crippen LogP) is 5.68. The van der Waals surface area contributed by atoms with Crippen LogP contribution in [0.1, 0.15) is 44.0 Å². The summed E-state index contributed by atoms with van der Waals surface area (Å²) in [7, 11) is 1.54. The maximum atomic E-state index is 14.1. The molecule has 0 saturated heterocycles. The van der Waals surface area contributed by atoms with E-state index in [9.17, 15) is 9.59 Å². The first-order valence-corrected chi connectivity index (χ1v) is 14.4. The number of aromatic nitrogens is 2. The first-order chi connectivity index (χ1) is 19.4. The first-order valence-electron chi connectivity index (χ1n) is 12.8. The first kappa shape index (κ1) is 28.0. The van der Waals surface area contributed by atoms with Crippen molar-refractivity contribution in [3.05, 3.63) is 113 Å². The molecule has 5 rings (SSSR count). The molecule has 10 heteroatoms.